The fourth-order valence-electron chi connectivity index (χ4n) is 1.70. The summed E-state index contributed by atoms with van der Waals surface area (Å²) in [6.45, 7) is 2.39. The lowest BCUT2D eigenvalue weighted by Gasteiger charge is -2.17. The second kappa shape index (κ2) is 4.33. The Morgan fingerprint density at radius 3 is 2.91 bits per heavy atom. The molecule has 1 aliphatic heterocycles. The van der Waals surface area contributed by atoms with Crippen molar-refractivity contribution in [3.63, 3.8) is 0 Å². The molecule has 0 aromatic heterocycles. The Kier molecular flexibility index (Phi) is 3.69. The normalized spacial score (nSPS) is 29.2. The molecule has 2 N–H and O–H groups in total. The van der Waals surface area contributed by atoms with E-state index >= 15 is 0 Å². The molecule has 2 unspecified atom stereocenters. The average Bonchev–Trinajstić information content (AvgIpc) is 2.36. The minimum Gasteiger partial charge on any atom is -0.327 e. The molecule has 3 heteroatoms. The molecule has 0 amide bonds. The van der Waals surface area contributed by atoms with E-state index in [0.29, 0.717) is 12.0 Å². The van der Waals surface area contributed by atoms with Gasteiger partial charge in [0.15, 0.2) is 0 Å². The SMILES string of the molecule is CN1CCC(C(N)CCS)C1. The van der Waals surface area contributed by atoms with Gasteiger partial charge < -0.3 is 10.6 Å². The van der Waals surface area contributed by atoms with Crippen LogP contribution in [0.3, 0.4) is 0 Å². The zero-order valence-corrected chi connectivity index (χ0v) is 8.06. The first-order valence-electron chi connectivity index (χ1n) is 4.29. The summed E-state index contributed by atoms with van der Waals surface area (Å²) in [5.74, 6) is 1.63. The molecule has 11 heavy (non-hydrogen) atoms. The van der Waals surface area contributed by atoms with Gasteiger partial charge in [-0.3, -0.25) is 0 Å². The summed E-state index contributed by atoms with van der Waals surface area (Å²) >= 11 is 4.18. The van der Waals surface area contributed by atoms with Crippen LogP contribution in [0.5, 0.6) is 0 Å². The van der Waals surface area contributed by atoms with Gasteiger partial charge in [-0.05, 0) is 38.1 Å². The number of nitrogens with two attached hydrogens (primary N) is 1. The van der Waals surface area contributed by atoms with Crippen LogP contribution in [-0.2, 0) is 0 Å². The summed E-state index contributed by atoms with van der Waals surface area (Å²) in [4.78, 5) is 2.35. The Morgan fingerprint density at radius 2 is 2.45 bits per heavy atom. The number of hydrogen-bond acceptors (Lipinski definition) is 3. The fourth-order valence-corrected chi connectivity index (χ4v) is 2.00. The number of nitrogens with zero attached hydrogens (tertiary/aromatic N) is 1. The highest BCUT2D eigenvalue weighted by atomic mass is 32.1. The number of rotatable bonds is 3. The molecule has 1 fully saturated rings. The lowest BCUT2D eigenvalue weighted by molar-refractivity contribution is 0.366. The lowest BCUT2D eigenvalue weighted by Crippen LogP contribution is -2.32. The predicted molar refractivity (Wildman–Crippen MR) is 52.0 cm³/mol. The monoisotopic (exact) mass is 174 g/mol. The van der Waals surface area contributed by atoms with Crippen molar-refractivity contribution in [1.82, 2.24) is 4.90 Å². The Morgan fingerprint density at radius 1 is 1.73 bits per heavy atom. The van der Waals surface area contributed by atoms with E-state index in [1.54, 1.807) is 0 Å². The molecule has 0 aliphatic carbocycles. The third-order valence-corrected chi connectivity index (χ3v) is 2.75. The maximum absolute atomic E-state index is 5.98. The van der Waals surface area contributed by atoms with Crippen molar-refractivity contribution in [3.8, 4) is 0 Å². The Labute approximate surface area is 74.5 Å². The van der Waals surface area contributed by atoms with E-state index in [9.17, 15) is 0 Å². The largest absolute Gasteiger partial charge is 0.327 e. The van der Waals surface area contributed by atoms with Gasteiger partial charge in [-0.2, -0.15) is 12.6 Å². The highest BCUT2D eigenvalue weighted by Crippen LogP contribution is 2.18. The standard InChI is InChI=1S/C8H18N2S/c1-10-4-2-7(6-10)8(9)3-5-11/h7-8,11H,2-6,9H2,1H3. The van der Waals surface area contributed by atoms with Crippen LogP contribution < -0.4 is 5.73 Å². The zero-order valence-electron chi connectivity index (χ0n) is 7.16. The van der Waals surface area contributed by atoms with Gasteiger partial charge in [-0.1, -0.05) is 0 Å². The second-order valence-electron chi connectivity index (χ2n) is 3.49. The van der Waals surface area contributed by atoms with Crippen LogP contribution in [0.15, 0.2) is 0 Å². The van der Waals surface area contributed by atoms with Gasteiger partial charge in [-0.25, -0.2) is 0 Å². The summed E-state index contributed by atoms with van der Waals surface area (Å²) in [5, 5.41) is 0. The number of likely N-dealkylation sites (tertiary alicyclic amines) is 1. The third-order valence-electron chi connectivity index (χ3n) is 2.50. The van der Waals surface area contributed by atoms with Gasteiger partial charge in [0.25, 0.3) is 0 Å². The van der Waals surface area contributed by atoms with E-state index in [1.165, 1.54) is 19.5 Å². The minimum absolute atomic E-state index is 0.373. The Hall–Kier alpha value is 0.270. The minimum atomic E-state index is 0.373. The molecule has 2 nitrogen and oxygen atoms in total. The molecule has 0 bridgehead atoms. The Balaban J connectivity index is 2.25. The molecule has 1 saturated heterocycles. The van der Waals surface area contributed by atoms with Crippen LogP contribution in [0.25, 0.3) is 0 Å². The number of hydrogen-bond donors (Lipinski definition) is 2. The van der Waals surface area contributed by atoms with Crippen LogP contribution in [0.2, 0.25) is 0 Å². The summed E-state index contributed by atoms with van der Waals surface area (Å²) in [6.07, 6.45) is 2.33. The molecule has 0 saturated carbocycles. The molecule has 66 valence electrons. The summed E-state index contributed by atoms with van der Waals surface area (Å²) in [7, 11) is 2.16. The zero-order chi connectivity index (χ0) is 8.27. The third kappa shape index (κ3) is 2.65. The van der Waals surface area contributed by atoms with Crippen LogP contribution in [0, 0.1) is 5.92 Å². The molecule has 0 aromatic carbocycles. The molecule has 0 radical (unpaired) electrons. The van der Waals surface area contributed by atoms with E-state index in [-0.39, 0.29) is 0 Å². The first-order valence-corrected chi connectivity index (χ1v) is 4.92. The van der Waals surface area contributed by atoms with E-state index in [0.717, 1.165) is 12.2 Å². The van der Waals surface area contributed by atoms with Gasteiger partial charge in [0, 0.05) is 12.6 Å². The predicted octanol–water partition coefficient (Wildman–Crippen LogP) is 0.585. The average molecular weight is 174 g/mol. The molecule has 0 aromatic rings. The van der Waals surface area contributed by atoms with Crippen LogP contribution >= 0.6 is 12.6 Å². The van der Waals surface area contributed by atoms with Crippen molar-refractivity contribution in [3.05, 3.63) is 0 Å². The molecule has 1 heterocycles. The van der Waals surface area contributed by atoms with Gasteiger partial charge in [0.1, 0.15) is 0 Å². The molecule has 0 spiro atoms. The van der Waals surface area contributed by atoms with Crippen LogP contribution in [0.1, 0.15) is 12.8 Å². The van der Waals surface area contributed by atoms with E-state index in [2.05, 4.69) is 24.6 Å². The van der Waals surface area contributed by atoms with Crippen molar-refractivity contribution in [2.24, 2.45) is 11.7 Å². The second-order valence-corrected chi connectivity index (χ2v) is 3.93. The molecular weight excluding hydrogens is 156 g/mol. The van der Waals surface area contributed by atoms with Crippen molar-refractivity contribution < 1.29 is 0 Å². The highest BCUT2D eigenvalue weighted by Gasteiger charge is 2.24. The van der Waals surface area contributed by atoms with Crippen LogP contribution in [-0.4, -0.2) is 36.8 Å². The molecule has 1 rings (SSSR count). The van der Waals surface area contributed by atoms with Crippen molar-refractivity contribution in [2.75, 3.05) is 25.9 Å². The lowest BCUT2D eigenvalue weighted by atomic mass is 9.98. The molecule has 2 atom stereocenters. The Bertz CT molecular complexity index is 119. The topological polar surface area (TPSA) is 29.3 Å². The quantitative estimate of drug-likeness (QED) is 0.613. The van der Waals surface area contributed by atoms with E-state index in [4.69, 9.17) is 5.73 Å². The van der Waals surface area contributed by atoms with Crippen molar-refractivity contribution >= 4 is 12.6 Å². The first-order chi connectivity index (χ1) is 5.24. The smallest absolute Gasteiger partial charge is 0.00876 e. The maximum atomic E-state index is 5.98. The van der Waals surface area contributed by atoms with Gasteiger partial charge >= 0.3 is 0 Å². The fraction of sp³-hybridized carbons (Fsp3) is 1.00. The van der Waals surface area contributed by atoms with Crippen molar-refractivity contribution in [2.45, 2.75) is 18.9 Å². The maximum Gasteiger partial charge on any atom is 0.00876 e. The van der Waals surface area contributed by atoms with E-state index < -0.39 is 0 Å². The van der Waals surface area contributed by atoms with Gasteiger partial charge in [-0.15, -0.1) is 0 Å². The van der Waals surface area contributed by atoms with E-state index in [1.807, 2.05) is 0 Å². The highest BCUT2D eigenvalue weighted by molar-refractivity contribution is 7.80. The number of thiol groups is 1. The van der Waals surface area contributed by atoms with Crippen LogP contribution in [0.4, 0.5) is 0 Å². The molecular formula is C8H18N2S. The van der Waals surface area contributed by atoms with Gasteiger partial charge in [0.2, 0.25) is 0 Å². The first kappa shape index (κ1) is 9.36. The summed E-state index contributed by atoms with van der Waals surface area (Å²) < 4.78 is 0. The summed E-state index contributed by atoms with van der Waals surface area (Å²) in [5.41, 5.74) is 5.98. The molecule has 1 aliphatic rings. The summed E-state index contributed by atoms with van der Waals surface area (Å²) in [6, 6.07) is 0.373. The van der Waals surface area contributed by atoms with Gasteiger partial charge in [0.05, 0.1) is 0 Å². The van der Waals surface area contributed by atoms with Crippen molar-refractivity contribution in [1.29, 1.82) is 0 Å².